The van der Waals surface area contributed by atoms with E-state index in [0.717, 1.165) is 11.3 Å². The number of para-hydroxylation sites is 2. The minimum Gasteiger partial charge on any atom is -0.367 e. The zero-order chi connectivity index (χ0) is 15.9. The van der Waals surface area contributed by atoms with Crippen LogP contribution in [-0.4, -0.2) is 16.0 Å². The fourth-order valence-corrected chi connectivity index (χ4v) is 4.09. The average Bonchev–Trinajstić information content (AvgIpc) is 3.03. The molecule has 2 N–H and O–H groups in total. The predicted octanol–water partition coefficient (Wildman–Crippen LogP) is 5.61. The van der Waals surface area contributed by atoms with Crippen LogP contribution in [0.5, 0.6) is 0 Å². The van der Waals surface area contributed by atoms with Crippen LogP contribution in [0.25, 0.3) is 32.7 Å². The molecule has 4 aromatic rings. The maximum atomic E-state index is 4.99. The lowest BCUT2D eigenvalue weighted by Gasteiger charge is -2.24. The van der Waals surface area contributed by atoms with E-state index < -0.39 is 0 Å². The van der Waals surface area contributed by atoms with Gasteiger partial charge in [-0.1, -0.05) is 55.7 Å². The van der Waals surface area contributed by atoms with Crippen LogP contribution >= 0.6 is 0 Å². The van der Waals surface area contributed by atoms with Crippen molar-refractivity contribution in [3.63, 3.8) is 0 Å². The van der Waals surface area contributed by atoms with Gasteiger partial charge in [-0.25, -0.2) is 4.98 Å². The van der Waals surface area contributed by atoms with Gasteiger partial charge in [-0.3, -0.25) is 0 Å². The fraction of sp³-hybridized carbons (Fsp3) is 0.286. The third kappa shape index (κ3) is 2.15. The molecule has 0 aliphatic heterocycles. The Bertz CT molecular complexity index is 1030. The highest BCUT2D eigenvalue weighted by atomic mass is 15.0. The Morgan fingerprint density at radius 1 is 0.875 bits per heavy atom. The number of nitrogens with zero attached hydrogens (tertiary/aromatic N) is 1. The van der Waals surface area contributed by atoms with Crippen LogP contribution in [0.4, 0.5) is 5.82 Å². The number of aromatic nitrogens is 2. The van der Waals surface area contributed by atoms with Crippen LogP contribution in [0.2, 0.25) is 0 Å². The highest BCUT2D eigenvalue weighted by Gasteiger charge is 2.18. The van der Waals surface area contributed by atoms with Crippen LogP contribution in [0.15, 0.2) is 48.5 Å². The normalized spacial score (nSPS) is 16.2. The molecule has 1 aliphatic carbocycles. The first-order valence-electron chi connectivity index (χ1n) is 8.96. The molecule has 120 valence electrons. The molecule has 24 heavy (non-hydrogen) atoms. The molecule has 5 rings (SSSR count). The largest absolute Gasteiger partial charge is 0.367 e. The summed E-state index contributed by atoms with van der Waals surface area (Å²) in [5.41, 5.74) is 3.42. The maximum absolute atomic E-state index is 4.99. The van der Waals surface area contributed by atoms with Crippen molar-refractivity contribution in [1.29, 1.82) is 0 Å². The van der Waals surface area contributed by atoms with Crippen LogP contribution in [0.1, 0.15) is 32.1 Å². The summed E-state index contributed by atoms with van der Waals surface area (Å²) in [7, 11) is 0. The smallest absolute Gasteiger partial charge is 0.137 e. The molecule has 0 amide bonds. The first kappa shape index (κ1) is 13.8. The van der Waals surface area contributed by atoms with Gasteiger partial charge in [0.15, 0.2) is 0 Å². The molecular weight excluding hydrogens is 294 g/mol. The lowest BCUT2D eigenvalue weighted by atomic mass is 9.95. The van der Waals surface area contributed by atoms with Gasteiger partial charge in [-0.15, -0.1) is 0 Å². The van der Waals surface area contributed by atoms with E-state index in [9.17, 15) is 0 Å². The molecule has 1 fully saturated rings. The van der Waals surface area contributed by atoms with E-state index in [-0.39, 0.29) is 0 Å². The molecule has 3 nitrogen and oxygen atoms in total. The lowest BCUT2D eigenvalue weighted by molar-refractivity contribution is 0.462. The van der Waals surface area contributed by atoms with E-state index in [1.165, 1.54) is 59.3 Å². The molecule has 2 aromatic heterocycles. The number of hydrogen-bond acceptors (Lipinski definition) is 2. The molecule has 0 spiro atoms. The Morgan fingerprint density at radius 3 is 2.50 bits per heavy atom. The van der Waals surface area contributed by atoms with Crippen LogP contribution in [-0.2, 0) is 0 Å². The first-order chi connectivity index (χ1) is 11.9. The summed E-state index contributed by atoms with van der Waals surface area (Å²) in [5, 5.41) is 7.44. The topological polar surface area (TPSA) is 40.7 Å². The molecule has 0 bridgehead atoms. The van der Waals surface area contributed by atoms with E-state index in [4.69, 9.17) is 4.98 Å². The van der Waals surface area contributed by atoms with E-state index >= 15 is 0 Å². The van der Waals surface area contributed by atoms with Gasteiger partial charge in [0.05, 0.1) is 16.4 Å². The second-order valence-corrected chi connectivity index (χ2v) is 6.88. The molecule has 3 heteroatoms. The molecule has 0 radical (unpaired) electrons. The molecule has 2 heterocycles. The van der Waals surface area contributed by atoms with E-state index in [1.54, 1.807) is 0 Å². The van der Waals surface area contributed by atoms with Crippen molar-refractivity contribution in [2.75, 3.05) is 5.32 Å². The summed E-state index contributed by atoms with van der Waals surface area (Å²) < 4.78 is 0. The van der Waals surface area contributed by atoms with E-state index in [1.807, 2.05) is 0 Å². The maximum Gasteiger partial charge on any atom is 0.137 e. The zero-order valence-corrected chi connectivity index (χ0v) is 13.7. The second-order valence-electron chi connectivity index (χ2n) is 6.88. The summed E-state index contributed by atoms with van der Waals surface area (Å²) in [6.45, 7) is 0. The number of nitrogens with one attached hydrogen (secondary N) is 2. The molecular formula is C21H21N3. The molecule has 0 saturated heterocycles. The minimum atomic E-state index is 0.546. The standard InChI is InChI=1S/C21H21N3/c1-2-8-14(9-3-1)22-21-19-15-10-4-6-12-17(15)23-20(19)16-11-5-7-13-18(16)24-21/h4-7,10-14,23H,1-3,8-9H2,(H,22,24). The van der Waals surface area contributed by atoms with Gasteiger partial charge in [0.1, 0.15) is 5.82 Å². The highest BCUT2D eigenvalue weighted by molar-refractivity contribution is 6.20. The van der Waals surface area contributed by atoms with Gasteiger partial charge < -0.3 is 10.3 Å². The lowest BCUT2D eigenvalue weighted by Crippen LogP contribution is -2.22. The quantitative estimate of drug-likeness (QED) is 0.504. The molecule has 2 aromatic carbocycles. The number of pyridine rings is 1. The Labute approximate surface area is 141 Å². The summed E-state index contributed by atoms with van der Waals surface area (Å²) in [6, 6.07) is 17.5. The van der Waals surface area contributed by atoms with Crippen LogP contribution < -0.4 is 5.32 Å². The summed E-state index contributed by atoms with van der Waals surface area (Å²) in [5.74, 6) is 1.04. The highest BCUT2D eigenvalue weighted by Crippen LogP contribution is 2.36. The Morgan fingerprint density at radius 2 is 1.62 bits per heavy atom. The SMILES string of the molecule is c1ccc2c(c1)nc(NC1CCCCC1)c1c3ccccc3[nH]c21. The molecule has 0 atom stereocenters. The van der Waals surface area contributed by atoms with E-state index in [0.29, 0.717) is 6.04 Å². The Balaban J connectivity index is 1.79. The van der Waals surface area contributed by atoms with Gasteiger partial charge in [0.2, 0.25) is 0 Å². The van der Waals surface area contributed by atoms with Crippen molar-refractivity contribution in [3.8, 4) is 0 Å². The van der Waals surface area contributed by atoms with Crippen molar-refractivity contribution >= 4 is 38.5 Å². The van der Waals surface area contributed by atoms with Crippen molar-refractivity contribution in [2.45, 2.75) is 38.1 Å². The third-order valence-corrected chi connectivity index (χ3v) is 5.29. The van der Waals surface area contributed by atoms with Crippen molar-refractivity contribution in [2.24, 2.45) is 0 Å². The third-order valence-electron chi connectivity index (χ3n) is 5.29. The van der Waals surface area contributed by atoms with Gasteiger partial charge in [0.25, 0.3) is 0 Å². The number of H-pyrrole nitrogens is 1. The predicted molar refractivity (Wildman–Crippen MR) is 102 cm³/mol. The van der Waals surface area contributed by atoms with Crippen molar-refractivity contribution < 1.29 is 0 Å². The summed E-state index contributed by atoms with van der Waals surface area (Å²) >= 11 is 0. The monoisotopic (exact) mass is 315 g/mol. The van der Waals surface area contributed by atoms with Crippen LogP contribution in [0.3, 0.4) is 0 Å². The van der Waals surface area contributed by atoms with E-state index in [2.05, 4.69) is 58.8 Å². The van der Waals surface area contributed by atoms with Crippen LogP contribution in [0, 0.1) is 0 Å². The van der Waals surface area contributed by atoms with Crippen molar-refractivity contribution in [1.82, 2.24) is 9.97 Å². The molecule has 0 unspecified atom stereocenters. The fourth-order valence-electron chi connectivity index (χ4n) is 4.09. The number of anilines is 1. The zero-order valence-electron chi connectivity index (χ0n) is 13.7. The molecule has 1 saturated carbocycles. The van der Waals surface area contributed by atoms with Crippen molar-refractivity contribution in [3.05, 3.63) is 48.5 Å². The number of fused-ring (bicyclic) bond motifs is 5. The van der Waals surface area contributed by atoms with Gasteiger partial charge in [0, 0.05) is 22.3 Å². The Hall–Kier alpha value is -2.55. The summed E-state index contributed by atoms with van der Waals surface area (Å²) in [6.07, 6.45) is 6.51. The number of aromatic amines is 1. The van der Waals surface area contributed by atoms with Gasteiger partial charge >= 0.3 is 0 Å². The Kier molecular flexibility index (Phi) is 3.18. The minimum absolute atomic E-state index is 0.546. The average molecular weight is 315 g/mol. The number of hydrogen-bond donors (Lipinski definition) is 2. The van der Waals surface area contributed by atoms with Gasteiger partial charge in [-0.2, -0.15) is 0 Å². The number of benzene rings is 2. The summed E-state index contributed by atoms with van der Waals surface area (Å²) in [4.78, 5) is 8.61. The number of rotatable bonds is 2. The van der Waals surface area contributed by atoms with Gasteiger partial charge in [-0.05, 0) is 25.0 Å². The second kappa shape index (κ2) is 5.52. The first-order valence-corrected chi connectivity index (χ1v) is 8.96. The molecule has 1 aliphatic rings.